The summed E-state index contributed by atoms with van der Waals surface area (Å²) in [6.07, 6.45) is 0. The van der Waals surface area contributed by atoms with E-state index in [-0.39, 0.29) is 6.85 Å². The van der Waals surface area contributed by atoms with Crippen LogP contribution < -0.4 is 15.7 Å². The molecule has 0 atom stereocenters. The molecule has 0 aliphatic carbocycles. The molecule has 0 radical (unpaired) electrons. The molecule has 56 heavy (non-hydrogen) atoms. The molecular weight excluding hydrogens is 683 g/mol. The summed E-state index contributed by atoms with van der Waals surface area (Å²) in [5.74, 6) is 0.872. The lowest BCUT2D eigenvalue weighted by atomic mass is 9.43. The number of furan rings is 2. The minimum atomic E-state index is -0.0942. The summed E-state index contributed by atoms with van der Waals surface area (Å²) in [6, 6.07) is 61.7. The Labute approximate surface area is 322 Å². The van der Waals surface area contributed by atoms with Gasteiger partial charge < -0.3 is 18.2 Å². The number of fused-ring (bicyclic) bond motifs is 12. The first-order chi connectivity index (χ1) is 27.7. The third-order valence-corrected chi connectivity index (χ3v) is 12.2. The topological polar surface area (TPSA) is 34.5 Å². The van der Waals surface area contributed by atoms with Crippen LogP contribution in [0.2, 0.25) is 0 Å². The highest BCUT2D eigenvalue weighted by atomic mass is 16.3. The third kappa shape index (κ3) is 3.99. The number of aryl methyl sites for hydroxylation is 1. The average Bonchev–Trinajstić information content (AvgIpc) is 3.95. The minimum Gasteiger partial charge on any atom is -0.456 e. The van der Waals surface area contributed by atoms with E-state index < -0.39 is 0 Å². The number of aromatic nitrogens is 1. The Morgan fingerprint density at radius 2 is 1.27 bits per heavy atom. The van der Waals surface area contributed by atoms with Crippen molar-refractivity contribution in [3.05, 3.63) is 175 Å². The van der Waals surface area contributed by atoms with Gasteiger partial charge in [-0.1, -0.05) is 115 Å². The van der Waals surface area contributed by atoms with Gasteiger partial charge in [0.2, 0.25) is 0 Å². The van der Waals surface area contributed by atoms with E-state index in [4.69, 9.17) is 8.83 Å². The zero-order valence-electron chi connectivity index (χ0n) is 30.5. The first kappa shape index (κ1) is 30.1. The maximum atomic E-state index is 6.70. The number of anilines is 2. The van der Waals surface area contributed by atoms with E-state index in [2.05, 4.69) is 174 Å². The summed E-state index contributed by atoms with van der Waals surface area (Å²) < 4.78 is 15.7. The van der Waals surface area contributed by atoms with Gasteiger partial charge in [0, 0.05) is 61.2 Å². The van der Waals surface area contributed by atoms with Crippen molar-refractivity contribution in [2.75, 3.05) is 4.81 Å². The van der Waals surface area contributed by atoms with Gasteiger partial charge in [0.25, 0.3) is 0 Å². The zero-order valence-corrected chi connectivity index (χ0v) is 30.5. The van der Waals surface area contributed by atoms with Gasteiger partial charge in [0.15, 0.2) is 0 Å². The largest absolute Gasteiger partial charge is 0.456 e. The predicted molar refractivity (Wildman–Crippen MR) is 232 cm³/mol. The van der Waals surface area contributed by atoms with Crippen LogP contribution in [0, 0.1) is 6.92 Å². The number of benzene rings is 8. The van der Waals surface area contributed by atoms with Crippen LogP contribution in [-0.2, 0) is 0 Å². The van der Waals surface area contributed by atoms with E-state index in [1.54, 1.807) is 0 Å². The number of nitrogens with zero attached hydrogens (tertiary/aromatic N) is 2. The van der Waals surface area contributed by atoms with Gasteiger partial charge >= 0.3 is 6.85 Å². The van der Waals surface area contributed by atoms with Crippen molar-refractivity contribution in [1.82, 2.24) is 4.57 Å². The summed E-state index contributed by atoms with van der Waals surface area (Å²) in [4.78, 5) is 2.57. The van der Waals surface area contributed by atoms with Crippen molar-refractivity contribution in [3.63, 3.8) is 0 Å². The smallest absolute Gasteiger partial charge is 0.333 e. The lowest BCUT2D eigenvalue weighted by molar-refractivity contribution is 0.631. The van der Waals surface area contributed by atoms with Crippen LogP contribution in [0.1, 0.15) is 5.56 Å². The second-order valence-corrected chi connectivity index (χ2v) is 15.3. The Morgan fingerprint density at radius 3 is 2.16 bits per heavy atom. The highest BCUT2D eigenvalue weighted by Gasteiger charge is 2.44. The summed E-state index contributed by atoms with van der Waals surface area (Å²) in [5.41, 5.74) is 18.3. The molecule has 0 bridgehead atoms. The quantitative estimate of drug-likeness (QED) is 0.171. The lowest BCUT2D eigenvalue weighted by Crippen LogP contribution is -2.60. The fourth-order valence-corrected chi connectivity index (χ4v) is 9.78. The van der Waals surface area contributed by atoms with Crippen LogP contribution >= 0.6 is 0 Å². The number of hydrogen-bond donors (Lipinski definition) is 0. The highest BCUT2D eigenvalue weighted by molar-refractivity contribution is 6.94. The predicted octanol–water partition coefficient (Wildman–Crippen LogP) is 12.3. The van der Waals surface area contributed by atoms with Gasteiger partial charge in [0.05, 0.1) is 11.0 Å². The van der Waals surface area contributed by atoms with Crippen LogP contribution in [0.3, 0.4) is 0 Å². The highest BCUT2D eigenvalue weighted by Crippen LogP contribution is 2.49. The van der Waals surface area contributed by atoms with E-state index in [1.807, 2.05) is 12.1 Å². The van der Waals surface area contributed by atoms with Crippen LogP contribution in [0.15, 0.2) is 179 Å². The molecule has 3 aromatic heterocycles. The van der Waals surface area contributed by atoms with E-state index in [1.165, 1.54) is 66.4 Å². The van der Waals surface area contributed by atoms with Gasteiger partial charge in [-0.25, -0.2) is 0 Å². The summed E-state index contributed by atoms with van der Waals surface area (Å²) in [7, 11) is 0. The Kier molecular flexibility index (Phi) is 5.88. The Balaban J connectivity index is 1.19. The van der Waals surface area contributed by atoms with Crippen molar-refractivity contribution in [2.45, 2.75) is 6.92 Å². The van der Waals surface area contributed by atoms with Gasteiger partial charge in [-0.2, -0.15) is 0 Å². The van der Waals surface area contributed by atoms with Gasteiger partial charge in [0.1, 0.15) is 22.5 Å². The lowest BCUT2D eigenvalue weighted by Gasteiger charge is -2.42. The molecular formula is C51H31BN2O2. The zero-order chi connectivity index (χ0) is 36.6. The van der Waals surface area contributed by atoms with E-state index in [0.717, 1.165) is 55.5 Å². The second kappa shape index (κ2) is 10.9. The minimum absolute atomic E-state index is 0.0942. The van der Waals surface area contributed by atoms with Crippen molar-refractivity contribution in [2.24, 2.45) is 0 Å². The molecule has 2 aliphatic heterocycles. The maximum Gasteiger partial charge on any atom is 0.333 e. The molecule has 8 aromatic carbocycles. The first-order valence-electron chi connectivity index (χ1n) is 19.3. The van der Waals surface area contributed by atoms with E-state index in [0.29, 0.717) is 0 Å². The van der Waals surface area contributed by atoms with Crippen molar-refractivity contribution in [3.8, 4) is 39.3 Å². The summed E-state index contributed by atoms with van der Waals surface area (Å²) >= 11 is 0. The van der Waals surface area contributed by atoms with Gasteiger partial charge in [-0.15, -0.1) is 0 Å². The molecule has 0 N–H and O–H groups in total. The third-order valence-electron chi connectivity index (χ3n) is 12.2. The molecule has 2 aliphatic rings. The normalized spacial score (nSPS) is 13.0. The van der Waals surface area contributed by atoms with Crippen molar-refractivity contribution in [1.29, 1.82) is 0 Å². The molecule has 0 fully saturated rings. The fraction of sp³-hybridized carbons (Fsp3) is 0.0196. The van der Waals surface area contributed by atoms with Gasteiger partial charge in [-0.05, 0) is 89.1 Å². The van der Waals surface area contributed by atoms with Crippen LogP contribution in [0.4, 0.5) is 11.4 Å². The molecule has 5 heteroatoms. The van der Waals surface area contributed by atoms with Gasteiger partial charge in [-0.3, -0.25) is 0 Å². The molecule has 13 rings (SSSR count). The molecule has 5 heterocycles. The monoisotopic (exact) mass is 714 g/mol. The Bertz CT molecular complexity index is 3440. The van der Waals surface area contributed by atoms with Crippen LogP contribution in [0.25, 0.3) is 94.0 Å². The number of hydrogen-bond acceptors (Lipinski definition) is 3. The molecule has 0 saturated carbocycles. The number of rotatable bonds is 3. The summed E-state index contributed by atoms with van der Waals surface area (Å²) in [6.45, 7) is 2.06. The average molecular weight is 715 g/mol. The SMILES string of the molecule is Cc1ccc(N2B3c4cc5cc(-c6ccccc6)oc5cc4-n4c5ccccc5c5c(-c6ccc7c(c6)oc6ccccc67)cc(c3c54)-c3ccccc32)cc1. The number of para-hydroxylation sites is 3. The standard InChI is InChI=1S/C51H31BN2O2/c1-30-19-22-34(23-20-30)54-43-17-9-5-13-35(43)40-28-39(32-21-24-37-36-14-7-10-18-45(36)55-48(37)26-32)49-38-15-6-8-16-42(38)53-44-29-47-33(25-41(44)52(54)50(40)51(49)53)27-46(56-47)31-11-3-2-4-12-31/h2-29H,1H3. The van der Waals surface area contributed by atoms with Crippen molar-refractivity contribution >= 4 is 83.9 Å². The molecule has 11 aromatic rings. The van der Waals surface area contributed by atoms with Crippen LogP contribution in [-0.4, -0.2) is 11.4 Å². The summed E-state index contributed by atoms with van der Waals surface area (Å²) in [5, 5.41) is 5.84. The van der Waals surface area contributed by atoms with Crippen LogP contribution in [0.5, 0.6) is 0 Å². The van der Waals surface area contributed by atoms with E-state index >= 15 is 0 Å². The molecule has 0 amide bonds. The van der Waals surface area contributed by atoms with Crippen molar-refractivity contribution < 1.29 is 8.83 Å². The Morgan fingerprint density at radius 1 is 0.500 bits per heavy atom. The Hall–Kier alpha value is -7.24. The maximum absolute atomic E-state index is 6.70. The fourth-order valence-electron chi connectivity index (χ4n) is 9.78. The molecule has 0 saturated heterocycles. The molecule has 0 unspecified atom stereocenters. The molecule has 260 valence electrons. The van der Waals surface area contributed by atoms with E-state index in [9.17, 15) is 0 Å². The molecule has 4 nitrogen and oxygen atoms in total. The first-order valence-corrected chi connectivity index (χ1v) is 19.3. The molecule has 0 spiro atoms. The second-order valence-electron chi connectivity index (χ2n) is 15.3.